The van der Waals surface area contributed by atoms with Gasteiger partial charge in [-0.1, -0.05) is 48.2 Å². The van der Waals surface area contributed by atoms with Crippen molar-refractivity contribution in [1.29, 1.82) is 0 Å². The monoisotopic (exact) mass is 493 g/mol. The Labute approximate surface area is 205 Å². The maximum Gasteiger partial charge on any atom is 0.341 e. The smallest absolute Gasteiger partial charge is 0.341 e. The number of carbonyl (C=O) groups excluding carboxylic acids is 3. The molecule has 1 aliphatic heterocycles. The first kappa shape index (κ1) is 23.7. The number of para-hydroxylation sites is 2. The molecule has 0 saturated carbocycles. The van der Waals surface area contributed by atoms with E-state index in [0.717, 1.165) is 16.1 Å². The largest absolute Gasteiger partial charge is 0.465 e. The van der Waals surface area contributed by atoms with Crippen molar-refractivity contribution in [2.75, 3.05) is 17.3 Å². The number of nitrogens with one attached hydrogen (secondary N) is 1. The van der Waals surface area contributed by atoms with Crippen molar-refractivity contribution in [2.45, 2.75) is 25.5 Å². The van der Waals surface area contributed by atoms with E-state index in [0.29, 0.717) is 21.4 Å². The third kappa shape index (κ3) is 4.90. The average Bonchev–Trinajstić information content (AvgIpc) is 3.28. The van der Waals surface area contributed by atoms with Crippen molar-refractivity contribution in [3.63, 3.8) is 0 Å². The molecule has 0 radical (unpaired) electrons. The molecule has 34 heavy (non-hydrogen) atoms. The first-order chi connectivity index (χ1) is 16.4. The Hall–Kier alpha value is -3.43. The summed E-state index contributed by atoms with van der Waals surface area (Å²) in [7, 11) is 1.31. The molecule has 174 valence electrons. The van der Waals surface area contributed by atoms with Gasteiger partial charge >= 0.3 is 5.97 Å². The molecule has 4 rings (SSSR count). The van der Waals surface area contributed by atoms with E-state index in [9.17, 15) is 14.4 Å². The van der Waals surface area contributed by atoms with Gasteiger partial charge in [0.2, 0.25) is 11.8 Å². The zero-order valence-electron chi connectivity index (χ0n) is 18.9. The van der Waals surface area contributed by atoms with Crippen LogP contribution in [0.25, 0.3) is 0 Å². The number of amides is 2. The molecule has 1 aromatic heterocycles. The summed E-state index contributed by atoms with van der Waals surface area (Å²) in [5.74, 6) is -1.07. The minimum absolute atomic E-state index is 0.0583. The van der Waals surface area contributed by atoms with Gasteiger partial charge in [0, 0.05) is 11.3 Å². The summed E-state index contributed by atoms with van der Waals surface area (Å²) in [4.78, 5) is 45.6. The molecular weight excluding hydrogens is 470 g/mol. The molecule has 2 heterocycles. The average molecular weight is 494 g/mol. The molecule has 0 aliphatic carbocycles. The van der Waals surface area contributed by atoms with Gasteiger partial charge in [0.05, 0.1) is 24.0 Å². The molecule has 3 aromatic rings. The number of esters is 1. The van der Waals surface area contributed by atoms with Gasteiger partial charge in [0.25, 0.3) is 0 Å². The van der Waals surface area contributed by atoms with Crippen LogP contribution in [0.3, 0.4) is 0 Å². The van der Waals surface area contributed by atoms with Crippen LogP contribution in [0, 0.1) is 13.8 Å². The Bertz CT molecular complexity index is 1260. The predicted molar refractivity (Wildman–Crippen MR) is 137 cm³/mol. The van der Waals surface area contributed by atoms with Crippen LogP contribution < -0.4 is 10.2 Å². The molecular formula is C25H23N3O4S2. The van der Waals surface area contributed by atoms with Crippen molar-refractivity contribution in [3.8, 4) is 0 Å². The van der Waals surface area contributed by atoms with Crippen molar-refractivity contribution < 1.29 is 19.1 Å². The van der Waals surface area contributed by atoms with Gasteiger partial charge in [-0.3, -0.25) is 14.5 Å². The first-order valence-corrected chi connectivity index (χ1v) is 12.3. The Morgan fingerprint density at radius 1 is 1.06 bits per heavy atom. The standard InChI is InChI=1S/C25H23N3O4S2/c1-15-16(2)33-22(21(15)24(31)32-3)27-20(29)14-19-23(30)28(18-12-8-5-9-13-18)25(34-19)26-17-10-6-4-7-11-17/h4-13,19H,14H2,1-3H3,(H,27,29)/t19-/m1/s1. The highest BCUT2D eigenvalue weighted by atomic mass is 32.2. The molecule has 2 amide bonds. The number of aliphatic imine (C=N–C) groups is 1. The van der Waals surface area contributed by atoms with Crippen LogP contribution in [0.1, 0.15) is 27.2 Å². The number of thiophene rings is 1. The van der Waals surface area contributed by atoms with Crippen molar-refractivity contribution >= 4 is 62.4 Å². The van der Waals surface area contributed by atoms with E-state index >= 15 is 0 Å². The normalized spacial score (nSPS) is 16.7. The van der Waals surface area contributed by atoms with Crippen LogP contribution in [-0.4, -0.2) is 35.3 Å². The third-order valence-corrected chi connectivity index (χ3v) is 7.59. The van der Waals surface area contributed by atoms with E-state index in [-0.39, 0.29) is 18.2 Å². The Morgan fingerprint density at radius 2 is 1.71 bits per heavy atom. The maximum atomic E-state index is 13.3. The molecule has 1 atom stereocenters. The second kappa shape index (κ2) is 10.2. The van der Waals surface area contributed by atoms with Crippen LogP contribution >= 0.6 is 23.1 Å². The zero-order chi connectivity index (χ0) is 24.2. The number of nitrogens with zero attached hydrogens (tertiary/aromatic N) is 2. The molecule has 9 heteroatoms. The Balaban J connectivity index is 1.58. The molecule has 1 saturated heterocycles. The number of amidine groups is 1. The van der Waals surface area contributed by atoms with Crippen molar-refractivity contribution in [1.82, 2.24) is 0 Å². The van der Waals surface area contributed by atoms with Gasteiger partial charge in [-0.15, -0.1) is 11.3 Å². The number of thioether (sulfide) groups is 1. The highest BCUT2D eigenvalue weighted by Gasteiger charge is 2.40. The molecule has 0 spiro atoms. The quantitative estimate of drug-likeness (QED) is 0.470. The summed E-state index contributed by atoms with van der Waals surface area (Å²) in [6.45, 7) is 3.69. The number of benzene rings is 2. The van der Waals surface area contributed by atoms with E-state index in [1.165, 1.54) is 30.2 Å². The fourth-order valence-corrected chi connectivity index (χ4v) is 5.73. The highest BCUT2D eigenvalue weighted by molar-refractivity contribution is 8.16. The zero-order valence-corrected chi connectivity index (χ0v) is 20.5. The van der Waals surface area contributed by atoms with E-state index in [1.807, 2.05) is 74.5 Å². The fraction of sp³-hybridized carbons (Fsp3) is 0.200. The topological polar surface area (TPSA) is 88.1 Å². The van der Waals surface area contributed by atoms with Crippen LogP contribution in [0.4, 0.5) is 16.4 Å². The van der Waals surface area contributed by atoms with Gasteiger partial charge in [-0.2, -0.15) is 0 Å². The summed E-state index contributed by atoms with van der Waals surface area (Å²) in [6.07, 6.45) is -0.0583. The number of aryl methyl sites for hydroxylation is 1. The lowest BCUT2D eigenvalue weighted by atomic mass is 10.1. The van der Waals surface area contributed by atoms with Gasteiger partial charge < -0.3 is 10.1 Å². The SMILES string of the molecule is COC(=O)c1c(NC(=O)C[C@H]2SC(=Nc3ccccc3)N(c3ccccc3)C2=O)sc(C)c1C. The van der Waals surface area contributed by atoms with Crippen molar-refractivity contribution in [2.24, 2.45) is 4.99 Å². The van der Waals surface area contributed by atoms with E-state index in [1.54, 1.807) is 4.90 Å². The van der Waals surface area contributed by atoms with Crippen LogP contribution in [0.5, 0.6) is 0 Å². The molecule has 2 aromatic carbocycles. The number of ether oxygens (including phenoxy) is 1. The number of hydrogen-bond donors (Lipinski definition) is 1. The van der Waals surface area contributed by atoms with E-state index in [4.69, 9.17) is 4.74 Å². The second-order valence-electron chi connectivity index (χ2n) is 7.58. The first-order valence-electron chi connectivity index (χ1n) is 10.6. The minimum Gasteiger partial charge on any atom is -0.465 e. The molecule has 1 N–H and O–H groups in total. The molecule has 7 nitrogen and oxygen atoms in total. The fourth-order valence-electron chi connectivity index (χ4n) is 3.51. The predicted octanol–water partition coefficient (Wildman–Crippen LogP) is 5.32. The van der Waals surface area contributed by atoms with E-state index < -0.39 is 11.2 Å². The Kier molecular flexibility index (Phi) is 7.14. The lowest BCUT2D eigenvalue weighted by Crippen LogP contribution is -2.33. The van der Waals surface area contributed by atoms with Gasteiger partial charge in [-0.05, 0) is 43.7 Å². The third-order valence-electron chi connectivity index (χ3n) is 5.33. The van der Waals surface area contributed by atoms with Crippen molar-refractivity contribution in [3.05, 3.63) is 76.7 Å². The molecule has 0 unspecified atom stereocenters. The maximum absolute atomic E-state index is 13.3. The number of hydrogen-bond acceptors (Lipinski definition) is 7. The number of rotatable bonds is 6. The number of carbonyl (C=O) groups is 3. The number of methoxy groups -OCH3 is 1. The molecule has 1 aliphatic rings. The van der Waals surface area contributed by atoms with Gasteiger partial charge in [0.15, 0.2) is 5.17 Å². The van der Waals surface area contributed by atoms with E-state index in [2.05, 4.69) is 10.3 Å². The van der Waals surface area contributed by atoms with Gasteiger partial charge in [0.1, 0.15) is 10.3 Å². The van der Waals surface area contributed by atoms with Crippen LogP contribution in [0.15, 0.2) is 65.7 Å². The lowest BCUT2D eigenvalue weighted by molar-refractivity contribution is -0.121. The summed E-state index contributed by atoms with van der Waals surface area (Å²) in [6, 6.07) is 18.6. The molecule has 0 bridgehead atoms. The van der Waals surface area contributed by atoms with Crippen LogP contribution in [0.2, 0.25) is 0 Å². The Morgan fingerprint density at radius 3 is 2.35 bits per heavy atom. The molecule has 1 fully saturated rings. The minimum atomic E-state index is -0.647. The summed E-state index contributed by atoms with van der Waals surface area (Å²) < 4.78 is 4.87. The number of anilines is 2. The summed E-state index contributed by atoms with van der Waals surface area (Å²) >= 11 is 2.57. The van der Waals surface area contributed by atoms with Gasteiger partial charge in [-0.25, -0.2) is 9.79 Å². The van der Waals surface area contributed by atoms with Crippen LogP contribution in [-0.2, 0) is 14.3 Å². The second-order valence-corrected chi connectivity index (χ2v) is 9.97. The summed E-state index contributed by atoms with van der Waals surface area (Å²) in [5, 5.41) is 3.11. The highest BCUT2D eigenvalue weighted by Crippen LogP contribution is 2.36. The lowest BCUT2D eigenvalue weighted by Gasteiger charge is -2.16. The summed E-state index contributed by atoms with van der Waals surface area (Å²) in [5.41, 5.74) is 2.53.